The molecule has 1 aliphatic heterocycles. The molecule has 3 amide bonds. The largest absolute Gasteiger partial charge is 0.395 e. The van der Waals surface area contributed by atoms with E-state index in [-0.39, 0.29) is 43.8 Å². The number of nitrogens with one attached hydrogen (secondary N) is 1. The van der Waals surface area contributed by atoms with E-state index >= 15 is 0 Å². The predicted octanol–water partition coefficient (Wildman–Crippen LogP) is -1.51. The lowest BCUT2D eigenvalue weighted by Gasteiger charge is -2.13. The van der Waals surface area contributed by atoms with Crippen LogP contribution in [0.4, 0.5) is 0 Å². The molecule has 0 aliphatic carbocycles. The molecule has 1 fully saturated rings. The standard InChI is InChI=1S/C9H14N2O4/c1-6-4-8(14)11(9(6)15)5-7(13)10-2-3-12/h6,12H,2-5H2,1H3,(H,10,13). The van der Waals surface area contributed by atoms with Crippen molar-refractivity contribution in [1.29, 1.82) is 0 Å². The highest BCUT2D eigenvalue weighted by Gasteiger charge is 2.36. The average Bonchev–Trinajstić information content (AvgIpc) is 2.42. The second-order valence-electron chi connectivity index (χ2n) is 3.50. The molecular formula is C9H14N2O4. The number of carbonyl (C=O) groups excluding carboxylic acids is 3. The first-order chi connectivity index (χ1) is 7.06. The van der Waals surface area contributed by atoms with Gasteiger partial charge < -0.3 is 10.4 Å². The number of aliphatic hydroxyl groups excluding tert-OH is 1. The van der Waals surface area contributed by atoms with Crippen LogP contribution in [0, 0.1) is 5.92 Å². The van der Waals surface area contributed by atoms with Crippen LogP contribution in [0.3, 0.4) is 0 Å². The molecule has 0 radical (unpaired) electrons. The molecular weight excluding hydrogens is 200 g/mol. The van der Waals surface area contributed by atoms with E-state index in [0.29, 0.717) is 0 Å². The zero-order valence-corrected chi connectivity index (χ0v) is 8.52. The van der Waals surface area contributed by atoms with Gasteiger partial charge in [0.25, 0.3) is 0 Å². The number of likely N-dealkylation sites (tertiary alicyclic amines) is 1. The maximum absolute atomic E-state index is 11.4. The lowest BCUT2D eigenvalue weighted by molar-refractivity contribution is -0.143. The molecule has 0 aromatic carbocycles. The summed E-state index contributed by atoms with van der Waals surface area (Å²) in [7, 11) is 0. The third kappa shape index (κ3) is 2.76. The molecule has 0 saturated carbocycles. The fourth-order valence-corrected chi connectivity index (χ4v) is 1.41. The normalized spacial score (nSPS) is 20.9. The Morgan fingerprint density at radius 1 is 1.60 bits per heavy atom. The number of carbonyl (C=O) groups is 3. The van der Waals surface area contributed by atoms with Crippen LogP contribution < -0.4 is 5.32 Å². The minimum absolute atomic E-state index is 0.130. The predicted molar refractivity (Wildman–Crippen MR) is 50.6 cm³/mol. The molecule has 0 bridgehead atoms. The summed E-state index contributed by atoms with van der Waals surface area (Å²) in [5, 5.41) is 10.8. The van der Waals surface area contributed by atoms with Gasteiger partial charge in [0.2, 0.25) is 17.7 Å². The number of hydrogen-bond donors (Lipinski definition) is 2. The van der Waals surface area contributed by atoms with Gasteiger partial charge in [0.05, 0.1) is 6.61 Å². The number of imide groups is 1. The molecule has 0 aromatic rings. The number of hydrogen-bond acceptors (Lipinski definition) is 4. The van der Waals surface area contributed by atoms with Crippen LogP contribution in [0.5, 0.6) is 0 Å². The summed E-state index contributed by atoms with van der Waals surface area (Å²) in [6.07, 6.45) is 0.173. The molecule has 0 spiro atoms. The fourth-order valence-electron chi connectivity index (χ4n) is 1.41. The second-order valence-corrected chi connectivity index (χ2v) is 3.50. The van der Waals surface area contributed by atoms with E-state index in [1.54, 1.807) is 6.92 Å². The average molecular weight is 214 g/mol. The van der Waals surface area contributed by atoms with Crippen molar-refractivity contribution in [2.24, 2.45) is 5.92 Å². The summed E-state index contributed by atoms with van der Waals surface area (Å²) >= 11 is 0. The number of aliphatic hydroxyl groups is 1. The molecule has 84 valence electrons. The minimum Gasteiger partial charge on any atom is -0.395 e. The fraction of sp³-hybridized carbons (Fsp3) is 0.667. The Hall–Kier alpha value is -1.43. The van der Waals surface area contributed by atoms with Crippen LogP contribution in [0.1, 0.15) is 13.3 Å². The van der Waals surface area contributed by atoms with E-state index in [1.165, 1.54) is 0 Å². The van der Waals surface area contributed by atoms with Gasteiger partial charge in [0.15, 0.2) is 0 Å². The molecule has 6 nitrogen and oxygen atoms in total. The molecule has 1 saturated heterocycles. The van der Waals surface area contributed by atoms with Gasteiger partial charge in [-0.2, -0.15) is 0 Å². The lowest BCUT2D eigenvalue weighted by Crippen LogP contribution is -2.41. The van der Waals surface area contributed by atoms with Gasteiger partial charge in [-0.3, -0.25) is 19.3 Å². The Labute approximate surface area is 87.2 Å². The van der Waals surface area contributed by atoms with Gasteiger partial charge in [-0.05, 0) is 0 Å². The Balaban J connectivity index is 2.47. The Bertz CT molecular complexity index is 290. The maximum Gasteiger partial charge on any atom is 0.240 e. The molecule has 15 heavy (non-hydrogen) atoms. The molecule has 1 atom stereocenters. The monoisotopic (exact) mass is 214 g/mol. The third-order valence-electron chi connectivity index (χ3n) is 2.21. The van der Waals surface area contributed by atoms with Crippen molar-refractivity contribution in [3.63, 3.8) is 0 Å². The minimum atomic E-state index is -0.431. The Morgan fingerprint density at radius 3 is 2.73 bits per heavy atom. The second kappa shape index (κ2) is 4.88. The Kier molecular flexibility index (Phi) is 3.79. The van der Waals surface area contributed by atoms with E-state index < -0.39 is 5.91 Å². The van der Waals surface area contributed by atoms with E-state index in [1.807, 2.05) is 0 Å². The highest BCUT2D eigenvalue weighted by Crippen LogP contribution is 2.17. The molecule has 1 unspecified atom stereocenters. The van der Waals surface area contributed by atoms with Crippen LogP contribution in [0.25, 0.3) is 0 Å². The quantitative estimate of drug-likeness (QED) is 0.557. The van der Waals surface area contributed by atoms with Gasteiger partial charge in [-0.1, -0.05) is 6.92 Å². The van der Waals surface area contributed by atoms with Crippen molar-refractivity contribution in [2.45, 2.75) is 13.3 Å². The summed E-state index contributed by atoms with van der Waals surface area (Å²) in [6, 6.07) is 0. The smallest absolute Gasteiger partial charge is 0.240 e. The van der Waals surface area contributed by atoms with Crippen molar-refractivity contribution >= 4 is 17.7 Å². The van der Waals surface area contributed by atoms with Crippen LogP contribution in [0.15, 0.2) is 0 Å². The molecule has 0 aromatic heterocycles. The van der Waals surface area contributed by atoms with Gasteiger partial charge in [0.1, 0.15) is 6.54 Å². The van der Waals surface area contributed by atoms with E-state index in [9.17, 15) is 14.4 Å². The summed E-state index contributed by atoms with van der Waals surface area (Å²) in [6.45, 7) is 1.38. The first-order valence-electron chi connectivity index (χ1n) is 4.78. The summed E-state index contributed by atoms with van der Waals surface area (Å²) in [5.74, 6) is -1.38. The van der Waals surface area contributed by atoms with Crippen molar-refractivity contribution in [3.05, 3.63) is 0 Å². The van der Waals surface area contributed by atoms with Crippen molar-refractivity contribution in [2.75, 3.05) is 19.7 Å². The van der Waals surface area contributed by atoms with E-state index in [0.717, 1.165) is 4.90 Å². The first-order valence-corrected chi connectivity index (χ1v) is 4.78. The van der Waals surface area contributed by atoms with Crippen LogP contribution in [-0.2, 0) is 14.4 Å². The lowest BCUT2D eigenvalue weighted by atomic mass is 10.1. The Morgan fingerprint density at radius 2 is 2.27 bits per heavy atom. The van der Waals surface area contributed by atoms with Crippen LogP contribution in [0.2, 0.25) is 0 Å². The molecule has 2 N–H and O–H groups in total. The number of amides is 3. The number of nitrogens with zero attached hydrogens (tertiary/aromatic N) is 1. The SMILES string of the molecule is CC1CC(=O)N(CC(=O)NCCO)C1=O. The summed E-state index contributed by atoms with van der Waals surface area (Å²) < 4.78 is 0. The highest BCUT2D eigenvalue weighted by molar-refractivity contribution is 6.05. The third-order valence-corrected chi connectivity index (χ3v) is 2.21. The van der Waals surface area contributed by atoms with Gasteiger partial charge >= 0.3 is 0 Å². The van der Waals surface area contributed by atoms with Gasteiger partial charge in [-0.25, -0.2) is 0 Å². The van der Waals surface area contributed by atoms with Crippen molar-refractivity contribution in [1.82, 2.24) is 10.2 Å². The van der Waals surface area contributed by atoms with Crippen LogP contribution in [-0.4, -0.2) is 47.4 Å². The van der Waals surface area contributed by atoms with Gasteiger partial charge in [0, 0.05) is 18.9 Å². The van der Waals surface area contributed by atoms with Crippen molar-refractivity contribution in [3.8, 4) is 0 Å². The molecule has 1 aliphatic rings. The zero-order chi connectivity index (χ0) is 11.4. The van der Waals surface area contributed by atoms with E-state index in [2.05, 4.69) is 5.32 Å². The first kappa shape index (κ1) is 11.6. The van der Waals surface area contributed by atoms with Gasteiger partial charge in [-0.15, -0.1) is 0 Å². The molecule has 1 heterocycles. The maximum atomic E-state index is 11.4. The molecule has 1 rings (SSSR count). The summed E-state index contributed by atoms with van der Waals surface area (Å²) in [4.78, 5) is 34.8. The number of rotatable bonds is 4. The van der Waals surface area contributed by atoms with Crippen LogP contribution >= 0.6 is 0 Å². The zero-order valence-electron chi connectivity index (χ0n) is 8.52. The van der Waals surface area contributed by atoms with Crippen molar-refractivity contribution < 1.29 is 19.5 Å². The topological polar surface area (TPSA) is 86.7 Å². The highest BCUT2D eigenvalue weighted by atomic mass is 16.3. The summed E-state index contributed by atoms with van der Waals surface area (Å²) in [5.41, 5.74) is 0. The molecule has 6 heteroatoms. The van der Waals surface area contributed by atoms with E-state index in [4.69, 9.17) is 5.11 Å².